The molecule has 148 valence electrons. The third-order valence-electron chi connectivity index (χ3n) is 4.88. The molecule has 0 radical (unpaired) electrons. The summed E-state index contributed by atoms with van der Waals surface area (Å²) in [5, 5.41) is 2.99. The van der Waals surface area contributed by atoms with E-state index in [2.05, 4.69) is 35.0 Å². The van der Waals surface area contributed by atoms with Crippen LogP contribution in [-0.2, 0) is 13.0 Å². The predicted octanol–water partition coefficient (Wildman–Crippen LogP) is 4.60. The normalized spacial score (nSPS) is 10.9. The molecule has 2 aromatic carbocycles. The molecule has 0 saturated carbocycles. The number of para-hydroxylation sites is 2. The Labute approximate surface area is 166 Å². The summed E-state index contributed by atoms with van der Waals surface area (Å²) >= 11 is 0. The van der Waals surface area contributed by atoms with Crippen LogP contribution in [0, 0.1) is 0 Å². The van der Waals surface area contributed by atoms with Crippen molar-refractivity contribution in [1.82, 2.24) is 14.9 Å². The number of carbonyl (C=O) groups is 1. The third kappa shape index (κ3) is 4.91. The second-order valence-electron chi connectivity index (χ2n) is 6.97. The highest BCUT2D eigenvalue weighted by molar-refractivity contribution is 5.94. The van der Waals surface area contributed by atoms with Crippen LogP contribution < -0.4 is 10.1 Å². The number of aryl methyl sites for hydroxylation is 2. The molecular formula is C23H29N3O2. The van der Waals surface area contributed by atoms with Crippen LogP contribution in [0.1, 0.15) is 48.8 Å². The quantitative estimate of drug-likeness (QED) is 0.524. The van der Waals surface area contributed by atoms with Gasteiger partial charge in [0.05, 0.1) is 18.1 Å². The number of amides is 1. The lowest BCUT2D eigenvalue weighted by atomic mass is 10.1. The smallest absolute Gasteiger partial charge is 0.251 e. The lowest BCUT2D eigenvalue weighted by molar-refractivity contribution is 0.0952. The number of imidazole rings is 1. The van der Waals surface area contributed by atoms with Crippen molar-refractivity contribution in [1.29, 1.82) is 0 Å². The second-order valence-corrected chi connectivity index (χ2v) is 6.97. The Morgan fingerprint density at radius 1 is 1.11 bits per heavy atom. The topological polar surface area (TPSA) is 56.2 Å². The maximum atomic E-state index is 12.2. The minimum absolute atomic E-state index is 0.0522. The Morgan fingerprint density at radius 2 is 1.96 bits per heavy atom. The van der Waals surface area contributed by atoms with E-state index in [0.29, 0.717) is 17.9 Å². The number of benzene rings is 2. The average Bonchev–Trinajstić information content (AvgIpc) is 3.08. The van der Waals surface area contributed by atoms with E-state index in [9.17, 15) is 4.79 Å². The summed E-state index contributed by atoms with van der Waals surface area (Å²) < 4.78 is 7.51. The molecule has 5 nitrogen and oxygen atoms in total. The van der Waals surface area contributed by atoms with Crippen molar-refractivity contribution in [3.63, 3.8) is 0 Å². The Bertz CT molecular complexity index is 917. The number of ether oxygens (including phenoxy) is 1. The van der Waals surface area contributed by atoms with E-state index < -0.39 is 0 Å². The van der Waals surface area contributed by atoms with E-state index in [-0.39, 0.29) is 5.91 Å². The summed E-state index contributed by atoms with van der Waals surface area (Å²) in [7, 11) is 1.60. The van der Waals surface area contributed by atoms with Crippen LogP contribution in [0.5, 0.6) is 5.75 Å². The summed E-state index contributed by atoms with van der Waals surface area (Å²) in [4.78, 5) is 17.0. The minimum Gasteiger partial charge on any atom is -0.497 e. The molecule has 0 bridgehead atoms. The van der Waals surface area contributed by atoms with Gasteiger partial charge in [0.1, 0.15) is 11.6 Å². The van der Waals surface area contributed by atoms with Crippen molar-refractivity contribution in [3.8, 4) is 5.75 Å². The molecule has 0 aliphatic heterocycles. The molecule has 0 aliphatic carbocycles. The fourth-order valence-corrected chi connectivity index (χ4v) is 3.44. The number of unbranched alkanes of at least 4 members (excludes halogenated alkanes) is 2. The van der Waals surface area contributed by atoms with Gasteiger partial charge < -0.3 is 14.6 Å². The Morgan fingerprint density at radius 3 is 2.79 bits per heavy atom. The standard InChI is InChI=1S/C23H29N3O2/c1-3-16-26-21-13-7-6-12-20(21)25-22(26)14-5-4-8-15-24-23(27)18-10-9-11-19(17-18)28-2/h6-7,9-13,17H,3-5,8,14-16H2,1-2H3,(H,24,27). The van der Waals surface area contributed by atoms with Gasteiger partial charge in [0.2, 0.25) is 0 Å². The molecule has 0 atom stereocenters. The molecule has 0 saturated heterocycles. The van der Waals surface area contributed by atoms with Crippen molar-refractivity contribution >= 4 is 16.9 Å². The minimum atomic E-state index is -0.0522. The number of nitrogens with zero attached hydrogens (tertiary/aromatic N) is 2. The number of carbonyl (C=O) groups excluding carboxylic acids is 1. The van der Waals surface area contributed by atoms with E-state index >= 15 is 0 Å². The Balaban J connectivity index is 1.44. The lowest BCUT2D eigenvalue weighted by Crippen LogP contribution is -2.24. The first-order valence-corrected chi connectivity index (χ1v) is 10.1. The largest absolute Gasteiger partial charge is 0.497 e. The summed E-state index contributed by atoms with van der Waals surface area (Å²) in [5.41, 5.74) is 2.94. The van der Waals surface area contributed by atoms with Gasteiger partial charge in [0, 0.05) is 25.1 Å². The monoisotopic (exact) mass is 379 g/mol. The SMILES string of the molecule is CCCn1c(CCCCCNC(=O)c2cccc(OC)c2)nc2ccccc21. The summed E-state index contributed by atoms with van der Waals surface area (Å²) in [6.07, 6.45) is 5.17. The van der Waals surface area contributed by atoms with Gasteiger partial charge in [-0.3, -0.25) is 4.79 Å². The van der Waals surface area contributed by atoms with Crippen LogP contribution in [0.2, 0.25) is 0 Å². The Hall–Kier alpha value is -2.82. The first-order valence-electron chi connectivity index (χ1n) is 10.1. The molecule has 5 heteroatoms. The first-order chi connectivity index (χ1) is 13.7. The second kappa shape index (κ2) is 9.93. The molecule has 1 N–H and O–H groups in total. The molecule has 0 fully saturated rings. The highest BCUT2D eigenvalue weighted by Crippen LogP contribution is 2.18. The van der Waals surface area contributed by atoms with Gasteiger partial charge in [-0.15, -0.1) is 0 Å². The fraction of sp³-hybridized carbons (Fsp3) is 0.391. The van der Waals surface area contributed by atoms with Gasteiger partial charge in [-0.1, -0.05) is 31.5 Å². The maximum Gasteiger partial charge on any atom is 0.251 e. The summed E-state index contributed by atoms with van der Waals surface area (Å²) in [5.74, 6) is 1.81. The van der Waals surface area contributed by atoms with Gasteiger partial charge in [-0.2, -0.15) is 0 Å². The first kappa shape index (κ1) is 19.9. The molecule has 28 heavy (non-hydrogen) atoms. The van der Waals surface area contributed by atoms with E-state index in [1.165, 1.54) is 11.3 Å². The predicted molar refractivity (Wildman–Crippen MR) is 113 cm³/mol. The van der Waals surface area contributed by atoms with Gasteiger partial charge in [0.25, 0.3) is 5.91 Å². The Kier molecular flexibility index (Phi) is 7.06. The van der Waals surface area contributed by atoms with Crippen LogP contribution >= 0.6 is 0 Å². The fourth-order valence-electron chi connectivity index (χ4n) is 3.44. The van der Waals surface area contributed by atoms with Crippen LogP contribution in [0.3, 0.4) is 0 Å². The molecule has 1 aromatic heterocycles. The molecule has 0 unspecified atom stereocenters. The van der Waals surface area contributed by atoms with Crippen LogP contribution in [0.25, 0.3) is 11.0 Å². The highest BCUT2D eigenvalue weighted by Gasteiger charge is 2.09. The molecule has 1 amide bonds. The molecule has 3 rings (SSSR count). The van der Waals surface area contributed by atoms with Crippen molar-refractivity contribution in [3.05, 3.63) is 59.9 Å². The van der Waals surface area contributed by atoms with E-state index in [0.717, 1.165) is 44.2 Å². The number of rotatable bonds is 10. The maximum absolute atomic E-state index is 12.2. The molecule has 3 aromatic rings. The number of nitrogens with one attached hydrogen (secondary N) is 1. The number of methoxy groups -OCH3 is 1. The zero-order valence-corrected chi connectivity index (χ0v) is 16.8. The van der Waals surface area contributed by atoms with Crippen LogP contribution in [0.4, 0.5) is 0 Å². The molecule has 0 aliphatic rings. The van der Waals surface area contributed by atoms with Crippen molar-refractivity contribution in [2.45, 2.75) is 45.6 Å². The number of hydrogen-bond acceptors (Lipinski definition) is 3. The van der Waals surface area contributed by atoms with Gasteiger partial charge >= 0.3 is 0 Å². The van der Waals surface area contributed by atoms with E-state index in [1.54, 1.807) is 19.2 Å². The van der Waals surface area contributed by atoms with Crippen LogP contribution in [-0.4, -0.2) is 29.1 Å². The van der Waals surface area contributed by atoms with E-state index in [4.69, 9.17) is 9.72 Å². The van der Waals surface area contributed by atoms with Crippen LogP contribution in [0.15, 0.2) is 48.5 Å². The van der Waals surface area contributed by atoms with Crippen molar-refractivity contribution < 1.29 is 9.53 Å². The molecule has 1 heterocycles. The summed E-state index contributed by atoms with van der Waals surface area (Å²) in [6, 6.07) is 15.6. The lowest BCUT2D eigenvalue weighted by Gasteiger charge is -2.08. The third-order valence-corrected chi connectivity index (χ3v) is 4.88. The van der Waals surface area contributed by atoms with Crippen molar-refractivity contribution in [2.24, 2.45) is 0 Å². The van der Waals surface area contributed by atoms with Crippen molar-refractivity contribution in [2.75, 3.05) is 13.7 Å². The summed E-state index contributed by atoms with van der Waals surface area (Å²) in [6.45, 7) is 3.89. The molecule has 0 spiro atoms. The zero-order valence-electron chi connectivity index (χ0n) is 16.8. The zero-order chi connectivity index (χ0) is 19.8. The van der Waals surface area contributed by atoms with Gasteiger partial charge in [-0.25, -0.2) is 4.98 Å². The molecular weight excluding hydrogens is 350 g/mol. The number of fused-ring (bicyclic) bond motifs is 1. The van der Waals surface area contributed by atoms with E-state index in [1.807, 2.05) is 18.2 Å². The average molecular weight is 380 g/mol. The highest BCUT2D eigenvalue weighted by atomic mass is 16.5. The van der Waals surface area contributed by atoms with Gasteiger partial charge in [-0.05, 0) is 49.6 Å². The number of aromatic nitrogens is 2. The number of hydrogen-bond donors (Lipinski definition) is 1. The van der Waals surface area contributed by atoms with Gasteiger partial charge in [0.15, 0.2) is 0 Å².